The molecule has 2 aromatic carbocycles. The zero-order valence-electron chi connectivity index (χ0n) is 16.3. The molecular weight excluding hydrogens is 392 g/mol. The highest BCUT2D eigenvalue weighted by molar-refractivity contribution is 7.99. The van der Waals surface area contributed by atoms with Crippen LogP contribution < -0.4 is 5.32 Å². The number of thioether (sulfide) groups is 1. The Bertz CT molecular complexity index is 871. The largest absolute Gasteiger partial charge is 0.354 e. The Morgan fingerprint density at radius 3 is 2.54 bits per heavy atom. The summed E-state index contributed by atoms with van der Waals surface area (Å²) in [5.41, 5.74) is 2.36. The minimum absolute atomic E-state index is 0.113. The van der Waals surface area contributed by atoms with Crippen molar-refractivity contribution in [3.8, 4) is 0 Å². The number of hydrogen-bond donors (Lipinski definition) is 1. The third kappa shape index (κ3) is 4.36. The second-order valence-corrected chi connectivity index (χ2v) is 8.91. The molecule has 1 saturated heterocycles. The number of amides is 2. The average Bonchev–Trinajstić information content (AvgIpc) is 3.11. The van der Waals surface area contributed by atoms with Gasteiger partial charge in [-0.3, -0.25) is 9.59 Å². The minimum Gasteiger partial charge on any atom is -0.354 e. The number of halogens is 1. The summed E-state index contributed by atoms with van der Waals surface area (Å²) >= 11 is 8.01. The molecule has 2 unspecified atom stereocenters. The van der Waals surface area contributed by atoms with Gasteiger partial charge in [-0.25, -0.2) is 0 Å². The van der Waals surface area contributed by atoms with Crippen molar-refractivity contribution < 1.29 is 9.59 Å². The molecule has 2 atom stereocenters. The predicted octanol–water partition coefficient (Wildman–Crippen LogP) is 4.68. The van der Waals surface area contributed by atoms with E-state index in [1.807, 2.05) is 69.3 Å². The predicted molar refractivity (Wildman–Crippen MR) is 116 cm³/mol. The Morgan fingerprint density at radius 2 is 1.86 bits per heavy atom. The first-order chi connectivity index (χ1) is 13.4. The summed E-state index contributed by atoms with van der Waals surface area (Å²) in [7, 11) is 0. The molecule has 0 bridgehead atoms. The van der Waals surface area contributed by atoms with Gasteiger partial charge in [0.05, 0.1) is 0 Å². The van der Waals surface area contributed by atoms with E-state index in [1.54, 1.807) is 16.7 Å². The van der Waals surface area contributed by atoms with E-state index in [-0.39, 0.29) is 17.2 Å². The molecule has 0 spiro atoms. The lowest BCUT2D eigenvalue weighted by atomic mass is 10.1. The topological polar surface area (TPSA) is 49.4 Å². The molecule has 1 N–H and O–H groups in total. The third-order valence-corrected chi connectivity index (χ3v) is 6.42. The Morgan fingerprint density at radius 1 is 1.18 bits per heavy atom. The van der Waals surface area contributed by atoms with Crippen LogP contribution in [0.3, 0.4) is 0 Å². The zero-order valence-corrected chi connectivity index (χ0v) is 17.9. The van der Waals surface area contributed by atoms with Gasteiger partial charge in [-0.15, -0.1) is 11.8 Å². The van der Waals surface area contributed by atoms with Crippen molar-refractivity contribution in [2.24, 2.45) is 5.92 Å². The molecule has 0 aromatic heterocycles. The molecule has 1 heterocycles. The Hall–Kier alpha value is -1.98. The van der Waals surface area contributed by atoms with E-state index < -0.39 is 6.04 Å². The lowest BCUT2D eigenvalue weighted by molar-refractivity contribution is -0.125. The van der Waals surface area contributed by atoms with Crippen LogP contribution in [0.5, 0.6) is 0 Å². The van der Waals surface area contributed by atoms with Crippen LogP contribution >= 0.6 is 23.4 Å². The van der Waals surface area contributed by atoms with Gasteiger partial charge in [-0.2, -0.15) is 0 Å². The van der Waals surface area contributed by atoms with Crippen LogP contribution in [0.15, 0.2) is 48.5 Å². The summed E-state index contributed by atoms with van der Waals surface area (Å²) in [5, 5.41) is 3.29. The molecule has 0 saturated carbocycles. The van der Waals surface area contributed by atoms with E-state index in [1.165, 1.54) is 0 Å². The summed E-state index contributed by atoms with van der Waals surface area (Å²) in [4.78, 5) is 28.1. The van der Waals surface area contributed by atoms with Gasteiger partial charge in [0.25, 0.3) is 5.91 Å². The molecular formula is C22H25ClN2O2S. The molecule has 28 heavy (non-hydrogen) atoms. The van der Waals surface area contributed by atoms with Crippen molar-refractivity contribution in [1.82, 2.24) is 10.2 Å². The monoisotopic (exact) mass is 416 g/mol. The first-order valence-electron chi connectivity index (χ1n) is 9.42. The number of hydrogen-bond acceptors (Lipinski definition) is 3. The van der Waals surface area contributed by atoms with Crippen LogP contribution in [-0.2, 0) is 4.79 Å². The summed E-state index contributed by atoms with van der Waals surface area (Å²) < 4.78 is 0. The number of nitrogens with zero attached hydrogens (tertiary/aromatic N) is 1. The van der Waals surface area contributed by atoms with Gasteiger partial charge in [0.15, 0.2) is 0 Å². The fourth-order valence-electron chi connectivity index (χ4n) is 3.25. The Kier molecular flexibility index (Phi) is 6.68. The van der Waals surface area contributed by atoms with Crippen LogP contribution in [0.25, 0.3) is 0 Å². The van der Waals surface area contributed by atoms with E-state index in [2.05, 4.69) is 5.32 Å². The molecule has 0 radical (unpaired) electrons. The van der Waals surface area contributed by atoms with E-state index in [0.717, 1.165) is 11.1 Å². The van der Waals surface area contributed by atoms with Gasteiger partial charge in [-0.05, 0) is 30.5 Å². The number of nitrogens with one attached hydrogen (secondary N) is 1. The smallest absolute Gasteiger partial charge is 0.256 e. The van der Waals surface area contributed by atoms with Crippen molar-refractivity contribution >= 4 is 35.2 Å². The average molecular weight is 417 g/mol. The van der Waals surface area contributed by atoms with Gasteiger partial charge in [-0.1, -0.05) is 61.8 Å². The maximum atomic E-state index is 13.5. The summed E-state index contributed by atoms with van der Waals surface area (Å²) in [6.07, 6.45) is 0. The van der Waals surface area contributed by atoms with Crippen molar-refractivity contribution in [1.29, 1.82) is 0 Å². The van der Waals surface area contributed by atoms with E-state index in [0.29, 0.717) is 28.8 Å². The molecule has 2 amide bonds. The van der Waals surface area contributed by atoms with Crippen LogP contribution in [0.1, 0.15) is 40.7 Å². The van der Waals surface area contributed by atoms with Crippen molar-refractivity contribution in [3.05, 3.63) is 70.2 Å². The minimum atomic E-state index is -0.530. The fourth-order valence-corrected chi connectivity index (χ4v) is 5.01. The maximum Gasteiger partial charge on any atom is 0.256 e. The third-order valence-electron chi connectivity index (χ3n) is 4.77. The molecule has 148 valence electrons. The Labute approximate surface area is 175 Å². The second-order valence-electron chi connectivity index (χ2n) is 7.39. The number of carbonyl (C=O) groups is 2. The fraction of sp³-hybridized carbons (Fsp3) is 0.364. The number of carbonyl (C=O) groups excluding carboxylic acids is 2. The summed E-state index contributed by atoms with van der Waals surface area (Å²) in [6.45, 7) is 6.59. The highest BCUT2D eigenvalue weighted by Gasteiger charge is 2.43. The van der Waals surface area contributed by atoms with Crippen LogP contribution in [0.2, 0.25) is 5.02 Å². The first kappa shape index (κ1) is 20.7. The molecule has 6 heteroatoms. The molecule has 1 aliphatic heterocycles. The van der Waals surface area contributed by atoms with Gasteiger partial charge in [0.1, 0.15) is 11.4 Å². The SMILES string of the molecule is Cc1ccccc1C(=O)N1C(C(=O)NCC(C)C)CSC1c1ccccc1Cl. The molecule has 4 nitrogen and oxygen atoms in total. The highest BCUT2D eigenvalue weighted by Crippen LogP contribution is 2.44. The van der Waals surface area contributed by atoms with Gasteiger partial charge >= 0.3 is 0 Å². The first-order valence-corrected chi connectivity index (χ1v) is 10.8. The van der Waals surface area contributed by atoms with Crippen molar-refractivity contribution in [2.75, 3.05) is 12.3 Å². The zero-order chi connectivity index (χ0) is 20.3. The van der Waals surface area contributed by atoms with Crippen LogP contribution in [0.4, 0.5) is 0 Å². The van der Waals surface area contributed by atoms with Gasteiger partial charge < -0.3 is 10.2 Å². The lowest BCUT2D eigenvalue weighted by Gasteiger charge is -2.30. The number of aryl methyl sites for hydroxylation is 1. The quantitative estimate of drug-likeness (QED) is 0.770. The number of rotatable bonds is 5. The van der Waals surface area contributed by atoms with Gasteiger partial charge in [0.2, 0.25) is 5.91 Å². The highest BCUT2D eigenvalue weighted by atomic mass is 35.5. The molecule has 3 rings (SSSR count). The molecule has 1 aliphatic rings. The molecule has 2 aromatic rings. The standard InChI is InChI=1S/C22H25ClN2O2S/c1-14(2)12-24-20(26)19-13-28-22(17-10-6-7-11-18(17)23)25(19)21(27)16-9-5-4-8-15(16)3/h4-11,14,19,22H,12-13H2,1-3H3,(H,24,26). The normalized spacial score (nSPS) is 19.1. The van der Waals surface area contributed by atoms with E-state index in [9.17, 15) is 9.59 Å². The second kappa shape index (κ2) is 9.01. The van der Waals surface area contributed by atoms with Gasteiger partial charge in [0, 0.05) is 28.4 Å². The van der Waals surface area contributed by atoms with Crippen LogP contribution in [0, 0.1) is 12.8 Å². The summed E-state index contributed by atoms with van der Waals surface area (Å²) in [6, 6.07) is 14.5. The van der Waals surface area contributed by atoms with E-state index >= 15 is 0 Å². The van der Waals surface area contributed by atoms with E-state index in [4.69, 9.17) is 11.6 Å². The maximum absolute atomic E-state index is 13.5. The van der Waals surface area contributed by atoms with Crippen molar-refractivity contribution in [3.63, 3.8) is 0 Å². The van der Waals surface area contributed by atoms with Crippen molar-refractivity contribution in [2.45, 2.75) is 32.2 Å². The Balaban J connectivity index is 1.97. The lowest BCUT2D eigenvalue weighted by Crippen LogP contribution is -2.48. The number of benzene rings is 2. The summed E-state index contributed by atoms with van der Waals surface area (Å²) in [5.74, 6) is 0.630. The van der Waals surface area contributed by atoms with Crippen LogP contribution in [-0.4, -0.2) is 35.1 Å². The molecule has 0 aliphatic carbocycles. The molecule has 1 fully saturated rings.